The molecule has 1 aromatic carbocycles. The lowest BCUT2D eigenvalue weighted by Crippen LogP contribution is -2.25. The number of hydrogen-bond donors (Lipinski definition) is 1. The molecule has 114 valence electrons. The lowest BCUT2D eigenvalue weighted by molar-refractivity contribution is -0.131. The van der Waals surface area contributed by atoms with Gasteiger partial charge in [0.15, 0.2) is 0 Å². The molecule has 0 radical (unpaired) electrons. The highest BCUT2D eigenvalue weighted by Crippen LogP contribution is 2.31. The lowest BCUT2D eigenvalue weighted by Gasteiger charge is -2.21. The van der Waals surface area contributed by atoms with Crippen LogP contribution in [0.15, 0.2) is 24.3 Å². The maximum absolute atomic E-state index is 10.6. The van der Waals surface area contributed by atoms with Gasteiger partial charge in [-0.1, -0.05) is 13.0 Å². The van der Waals surface area contributed by atoms with Crippen LogP contribution in [0.3, 0.4) is 0 Å². The molecule has 4 nitrogen and oxygen atoms in total. The predicted molar refractivity (Wildman–Crippen MR) is 83.3 cm³/mol. The molecule has 2 rings (SSSR count). The Bertz CT molecular complexity index is 521. The molecule has 1 fully saturated rings. The highest BCUT2D eigenvalue weighted by molar-refractivity contribution is 5.85. The molecule has 0 spiro atoms. The number of rotatable bonds is 8. The molecule has 0 saturated heterocycles. The predicted octanol–water partition coefficient (Wildman–Crippen LogP) is 3.02. The first-order valence-corrected chi connectivity index (χ1v) is 7.42. The molecule has 0 atom stereocenters. The van der Waals surface area contributed by atoms with Crippen LogP contribution in [-0.4, -0.2) is 36.2 Å². The lowest BCUT2D eigenvalue weighted by atomic mass is 10.1. The monoisotopic (exact) mass is 289 g/mol. The van der Waals surface area contributed by atoms with Crippen molar-refractivity contribution in [2.45, 2.75) is 26.3 Å². The van der Waals surface area contributed by atoms with E-state index in [1.165, 1.54) is 12.8 Å². The second kappa shape index (κ2) is 7.27. The summed E-state index contributed by atoms with van der Waals surface area (Å²) in [7, 11) is 1.67. The number of benzene rings is 1. The molecule has 0 amide bonds. The van der Waals surface area contributed by atoms with Crippen molar-refractivity contribution in [3.63, 3.8) is 0 Å². The summed E-state index contributed by atoms with van der Waals surface area (Å²) >= 11 is 0. The average Bonchev–Trinajstić information content (AvgIpc) is 3.28. The van der Waals surface area contributed by atoms with Gasteiger partial charge in [0.25, 0.3) is 0 Å². The second-order valence-electron chi connectivity index (χ2n) is 5.51. The van der Waals surface area contributed by atoms with Gasteiger partial charge in [0.1, 0.15) is 5.75 Å². The zero-order valence-electron chi connectivity index (χ0n) is 12.7. The quantitative estimate of drug-likeness (QED) is 0.747. The third-order valence-electron chi connectivity index (χ3n) is 3.78. The number of hydrogen-bond acceptors (Lipinski definition) is 3. The van der Waals surface area contributed by atoms with Crippen molar-refractivity contribution < 1.29 is 14.6 Å². The molecule has 1 aliphatic rings. The van der Waals surface area contributed by atoms with E-state index >= 15 is 0 Å². The topological polar surface area (TPSA) is 49.8 Å². The maximum atomic E-state index is 10.6. The van der Waals surface area contributed by atoms with Crippen molar-refractivity contribution in [2.24, 2.45) is 5.92 Å². The van der Waals surface area contributed by atoms with Crippen LogP contribution in [-0.2, 0) is 11.3 Å². The Morgan fingerprint density at radius 3 is 2.81 bits per heavy atom. The standard InChI is InChI=1S/C17H23NO3/c1-3-18(11-14-4-5-14)12-15-10-13(7-9-17(19)20)6-8-16(15)21-2/h6-10,14H,3-5,11-12H2,1-2H3,(H,19,20). The SMILES string of the molecule is CCN(Cc1cc(C=CC(=O)O)ccc1OC)CC1CC1. The minimum Gasteiger partial charge on any atom is -0.496 e. The van der Waals surface area contributed by atoms with Gasteiger partial charge in [-0.15, -0.1) is 0 Å². The molecule has 1 N–H and O–H groups in total. The van der Waals surface area contributed by atoms with Crippen LogP contribution in [0.25, 0.3) is 6.08 Å². The van der Waals surface area contributed by atoms with Gasteiger partial charge in [0, 0.05) is 24.7 Å². The highest BCUT2D eigenvalue weighted by Gasteiger charge is 2.24. The Hall–Kier alpha value is -1.81. The Morgan fingerprint density at radius 2 is 2.24 bits per heavy atom. The van der Waals surface area contributed by atoms with Gasteiger partial charge in [-0.2, -0.15) is 0 Å². The number of ether oxygens (including phenoxy) is 1. The number of carboxylic acid groups (broad SMARTS) is 1. The minimum atomic E-state index is -0.934. The second-order valence-corrected chi connectivity index (χ2v) is 5.51. The van der Waals surface area contributed by atoms with Gasteiger partial charge in [-0.05, 0) is 49.1 Å². The first-order valence-electron chi connectivity index (χ1n) is 7.42. The van der Waals surface area contributed by atoms with E-state index in [9.17, 15) is 4.79 Å². The summed E-state index contributed by atoms with van der Waals surface area (Å²) in [6.45, 7) is 5.15. The van der Waals surface area contributed by atoms with Gasteiger partial charge in [-0.25, -0.2) is 4.79 Å². The first-order chi connectivity index (χ1) is 10.1. The van der Waals surface area contributed by atoms with Gasteiger partial charge in [0.2, 0.25) is 0 Å². The molecule has 0 heterocycles. The molecule has 21 heavy (non-hydrogen) atoms. The summed E-state index contributed by atoms with van der Waals surface area (Å²) in [5.41, 5.74) is 1.99. The van der Waals surface area contributed by atoms with Crippen LogP contribution in [0.5, 0.6) is 5.75 Å². The van der Waals surface area contributed by atoms with Crippen molar-refractivity contribution >= 4 is 12.0 Å². The summed E-state index contributed by atoms with van der Waals surface area (Å²) in [6, 6.07) is 5.79. The van der Waals surface area contributed by atoms with E-state index in [4.69, 9.17) is 9.84 Å². The molecule has 4 heteroatoms. The highest BCUT2D eigenvalue weighted by atomic mass is 16.5. The van der Waals surface area contributed by atoms with Crippen molar-refractivity contribution in [1.82, 2.24) is 4.90 Å². The van der Waals surface area contributed by atoms with E-state index in [1.807, 2.05) is 18.2 Å². The fourth-order valence-corrected chi connectivity index (χ4v) is 2.41. The van der Waals surface area contributed by atoms with Crippen LogP contribution >= 0.6 is 0 Å². The first kappa shape index (κ1) is 15.6. The van der Waals surface area contributed by atoms with Crippen molar-refractivity contribution in [3.05, 3.63) is 35.4 Å². The average molecular weight is 289 g/mol. The van der Waals surface area contributed by atoms with Crippen LogP contribution in [0, 0.1) is 5.92 Å². The zero-order chi connectivity index (χ0) is 15.2. The Kier molecular flexibility index (Phi) is 5.39. The van der Waals surface area contributed by atoms with Crippen LogP contribution in [0.2, 0.25) is 0 Å². The van der Waals surface area contributed by atoms with Crippen molar-refractivity contribution in [1.29, 1.82) is 0 Å². The summed E-state index contributed by atoms with van der Waals surface area (Å²) in [6.07, 6.45) is 5.46. The van der Waals surface area contributed by atoms with Gasteiger partial charge in [-0.3, -0.25) is 4.90 Å². The zero-order valence-corrected chi connectivity index (χ0v) is 12.7. The van der Waals surface area contributed by atoms with Gasteiger partial charge >= 0.3 is 5.97 Å². The Balaban J connectivity index is 2.13. The number of nitrogens with zero attached hydrogens (tertiary/aromatic N) is 1. The van der Waals surface area contributed by atoms with Gasteiger partial charge < -0.3 is 9.84 Å². The maximum Gasteiger partial charge on any atom is 0.328 e. The Labute approximate surface area is 126 Å². The fraction of sp³-hybridized carbons (Fsp3) is 0.471. The largest absolute Gasteiger partial charge is 0.496 e. The summed E-state index contributed by atoms with van der Waals surface area (Å²) < 4.78 is 5.42. The smallest absolute Gasteiger partial charge is 0.328 e. The molecule has 1 aliphatic carbocycles. The molecular formula is C17H23NO3. The van der Waals surface area contributed by atoms with E-state index in [0.29, 0.717) is 0 Å². The van der Waals surface area contributed by atoms with E-state index in [1.54, 1.807) is 13.2 Å². The summed E-state index contributed by atoms with van der Waals surface area (Å²) in [4.78, 5) is 13.0. The summed E-state index contributed by atoms with van der Waals surface area (Å²) in [5.74, 6) is 0.777. The van der Waals surface area contributed by atoms with Crippen LogP contribution in [0.1, 0.15) is 30.9 Å². The molecule has 0 unspecified atom stereocenters. The number of aliphatic carboxylic acids is 1. The van der Waals surface area contributed by atoms with Crippen LogP contribution in [0.4, 0.5) is 0 Å². The summed E-state index contributed by atoms with van der Waals surface area (Å²) in [5, 5.41) is 8.71. The van der Waals surface area contributed by atoms with Crippen LogP contribution < -0.4 is 4.74 Å². The minimum absolute atomic E-state index is 0.838. The van der Waals surface area contributed by atoms with E-state index in [2.05, 4.69) is 11.8 Å². The van der Waals surface area contributed by atoms with E-state index < -0.39 is 5.97 Å². The molecule has 0 bridgehead atoms. The van der Waals surface area contributed by atoms with Gasteiger partial charge in [0.05, 0.1) is 7.11 Å². The molecule has 0 aliphatic heterocycles. The normalized spacial score (nSPS) is 14.8. The molecule has 1 aromatic rings. The van der Waals surface area contributed by atoms with E-state index in [0.717, 1.165) is 48.5 Å². The molecule has 0 aromatic heterocycles. The fourth-order valence-electron chi connectivity index (χ4n) is 2.41. The third kappa shape index (κ3) is 4.90. The van der Waals surface area contributed by atoms with Crippen molar-refractivity contribution in [3.8, 4) is 5.75 Å². The number of methoxy groups -OCH3 is 1. The third-order valence-corrected chi connectivity index (χ3v) is 3.78. The number of carboxylic acids is 1. The van der Waals surface area contributed by atoms with Crippen molar-refractivity contribution in [2.75, 3.05) is 20.2 Å². The number of carbonyl (C=O) groups is 1. The molecule has 1 saturated carbocycles. The molecular weight excluding hydrogens is 266 g/mol. The van der Waals surface area contributed by atoms with E-state index in [-0.39, 0.29) is 0 Å². The Morgan fingerprint density at radius 1 is 1.48 bits per heavy atom.